The Bertz CT molecular complexity index is 299. The highest BCUT2D eigenvalue weighted by Gasteiger charge is 2.07. The lowest BCUT2D eigenvalue weighted by molar-refractivity contribution is 0.626. The third-order valence-corrected chi connectivity index (χ3v) is 1.81. The van der Waals surface area contributed by atoms with Gasteiger partial charge in [-0.15, -0.1) is 0 Å². The highest BCUT2D eigenvalue weighted by molar-refractivity contribution is 5.30. The summed E-state index contributed by atoms with van der Waals surface area (Å²) in [7, 11) is 0. The van der Waals surface area contributed by atoms with Crippen molar-refractivity contribution in [2.24, 2.45) is 0 Å². The van der Waals surface area contributed by atoms with E-state index in [0.717, 1.165) is 18.4 Å². The van der Waals surface area contributed by atoms with E-state index in [4.69, 9.17) is 0 Å². The minimum Gasteiger partial charge on any atom is -0.207 e. The second kappa shape index (κ2) is 2.50. The Morgan fingerprint density at radius 1 is 1.36 bits per heavy atom. The summed E-state index contributed by atoms with van der Waals surface area (Å²) in [4.78, 5) is 0. The standard InChI is InChI=1S/C10H9F/c11-10-3-1-2-9(7-10)6-8-4-5-8/h1-4,7H,5-6H2. The van der Waals surface area contributed by atoms with Crippen LogP contribution in [0, 0.1) is 5.82 Å². The fourth-order valence-corrected chi connectivity index (χ4v) is 1.13. The molecule has 0 fully saturated rings. The molecule has 1 aromatic rings. The number of allylic oxidation sites excluding steroid dienone is 2. The van der Waals surface area contributed by atoms with E-state index in [1.165, 1.54) is 11.6 Å². The van der Waals surface area contributed by atoms with Crippen LogP contribution in [0.2, 0.25) is 0 Å². The van der Waals surface area contributed by atoms with Crippen LogP contribution in [0.25, 0.3) is 0 Å². The number of hydrogen-bond acceptors (Lipinski definition) is 0. The molecule has 1 aliphatic carbocycles. The summed E-state index contributed by atoms with van der Waals surface area (Å²) >= 11 is 0. The Balaban J connectivity index is 2.16. The molecule has 0 atom stereocenters. The van der Waals surface area contributed by atoms with Crippen molar-refractivity contribution < 1.29 is 4.39 Å². The Morgan fingerprint density at radius 3 is 2.82 bits per heavy atom. The van der Waals surface area contributed by atoms with E-state index in [2.05, 4.69) is 6.08 Å². The summed E-state index contributed by atoms with van der Waals surface area (Å²) < 4.78 is 12.6. The SMILES string of the molecule is Fc1cccc(CC2=CC2)c1. The number of benzene rings is 1. The zero-order valence-corrected chi connectivity index (χ0v) is 6.18. The van der Waals surface area contributed by atoms with Gasteiger partial charge in [-0.2, -0.15) is 0 Å². The van der Waals surface area contributed by atoms with Crippen molar-refractivity contribution in [2.75, 3.05) is 0 Å². The van der Waals surface area contributed by atoms with Gasteiger partial charge in [0.25, 0.3) is 0 Å². The second-order valence-electron chi connectivity index (χ2n) is 2.87. The van der Waals surface area contributed by atoms with E-state index < -0.39 is 0 Å². The number of hydrogen-bond donors (Lipinski definition) is 0. The third-order valence-electron chi connectivity index (χ3n) is 1.81. The summed E-state index contributed by atoms with van der Waals surface area (Å²) in [5.74, 6) is -0.135. The molecule has 1 heteroatoms. The highest BCUT2D eigenvalue weighted by Crippen LogP contribution is 2.23. The average Bonchev–Trinajstić information content (AvgIpc) is 2.71. The predicted octanol–water partition coefficient (Wildman–Crippen LogP) is 2.70. The van der Waals surface area contributed by atoms with E-state index in [0.29, 0.717) is 0 Å². The fourth-order valence-electron chi connectivity index (χ4n) is 1.13. The molecule has 0 nitrogen and oxygen atoms in total. The van der Waals surface area contributed by atoms with Gasteiger partial charge in [-0.3, -0.25) is 0 Å². The number of halogens is 1. The van der Waals surface area contributed by atoms with Crippen LogP contribution in [0.3, 0.4) is 0 Å². The number of rotatable bonds is 2. The Morgan fingerprint density at radius 2 is 2.18 bits per heavy atom. The van der Waals surface area contributed by atoms with Crippen LogP contribution in [0.5, 0.6) is 0 Å². The van der Waals surface area contributed by atoms with Crippen molar-refractivity contribution in [2.45, 2.75) is 12.8 Å². The molecule has 0 bridgehead atoms. The van der Waals surface area contributed by atoms with Crippen molar-refractivity contribution in [1.29, 1.82) is 0 Å². The Labute approximate surface area is 65.4 Å². The first-order chi connectivity index (χ1) is 5.34. The molecule has 0 aliphatic heterocycles. The average molecular weight is 148 g/mol. The van der Waals surface area contributed by atoms with Gasteiger partial charge in [-0.25, -0.2) is 4.39 Å². The molecule has 2 rings (SSSR count). The molecule has 1 aromatic carbocycles. The van der Waals surface area contributed by atoms with Crippen LogP contribution in [0.4, 0.5) is 4.39 Å². The largest absolute Gasteiger partial charge is 0.207 e. The molecular weight excluding hydrogens is 139 g/mol. The maximum atomic E-state index is 12.6. The van der Waals surface area contributed by atoms with Gasteiger partial charge in [-0.1, -0.05) is 23.8 Å². The Hall–Kier alpha value is -1.11. The molecule has 0 N–H and O–H groups in total. The van der Waals surface area contributed by atoms with Gasteiger partial charge in [0.05, 0.1) is 0 Å². The van der Waals surface area contributed by atoms with Gasteiger partial charge in [0.15, 0.2) is 0 Å². The fraction of sp³-hybridized carbons (Fsp3) is 0.200. The normalized spacial score (nSPS) is 14.5. The minimum absolute atomic E-state index is 0.135. The topological polar surface area (TPSA) is 0 Å². The third kappa shape index (κ3) is 1.67. The first-order valence-electron chi connectivity index (χ1n) is 3.77. The molecule has 0 heterocycles. The van der Waals surface area contributed by atoms with Crippen molar-refractivity contribution in [3.8, 4) is 0 Å². The molecule has 0 aromatic heterocycles. The molecule has 56 valence electrons. The maximum Gasteiger partial charge on any atom is 0.123 e. The van der Waals surface area contributed by atoms with Crippen molar-refractivity contribution >= 4 is 0 Å². The van der Waals surface area contributed by atoms with Gasteiger partial charge in [0.2, 0.25) is 0 Å². The molecule has 0 spiro atoms. The van der Waals surface area contributed by atoms with E-state index >= 15 is 0 Å². The predicted molar refractivity (Wildman–Crippen MR) is 42.8 cm³/mol. The van der Waals surface area contributed by atoms with Crippen LogP contribution in [0.15, 0.2) is 35.9 Å². The molecule has 0 saturated heterocycles. The first kappa shape index (κ1) is 6.59. The molecule has 0 radical (unpaired) electrons. The lowest BCUT2D eigenvalue weighted by atomic mass is 10.1. The van der Waals surface area contributed by atoms with Crippen molar-refractivity contribution in [1.82, 2.24) is 0 Å². The second-order valence-corrected chi connectivity index (χ2v) is 2.87. The van der Waals surface area contributed by atoms with Crippen LogP contribution >= 0.6 is 0 Å². The van der Waals surface area contributed by atoms with Gasteiger partial charge in [-0.05, 0) is 30.5 Å². The monoisotopic (exact) mass is 148 g/mol. The lowest BCUT2D eigenvalue weighted by Crippen LogP contribution is -1.83. The van der Waals surface area contributed by atoms with Gasteiger partial charge < -0.3 is 0 Å². The maximum absolute atomic E-state index is 12.6. The first-order valence-corrected chi connectivity index (χ1v) is 3.77. The van der Waals surface area contributed by atoms with E-state index in [1.54, 1.807) is 12.1 Å². The van der Waals surface area contributed by atoms with Crippen LogP contribution in [-0.4, -0.2) is 0 Å². The smallest absolute Gasteiger partial charge is 0.123 e. The zero-order valence-electron chi connectivity index (χ0n) is 6.18. The summed E-state index contributed by atoms with van der Waals surface area (Å²) in [6.45, 7) is 0. The van der Waals surface area contributed by atoms with E-state index in [-0.39, 0.29) is 5.82 Å². The lowest BCUT2D eigenvalue weighted by Gasteiger charge is -1.95. The minimum atomic E-state index is -0.135. The van der Waals surface area contributed by atoms with Gasteiger partial charge in [0.1, 0.15) is 5.82 Å². The summed E-state index contributed by atoms with van der Waals surface area (Å²) in [6, 6.07) is 6.79. The summed E-state index contributed by atoms with van der Waals surface area (Å²) in [5.41, 5.74) is 2.50. The quantitative estimate of drug-likeness (QED) is 0.565. The summed E-state index contributed by atoms with van der Waals surface area (Å²) in [5, 5.41) is 0. The highest BCUT2D eigenvalue weighted by atomic mass is 19.1. The molecule has 0 amide bonds. The molecule has 11 heavy (non-hydrogen) atoms. The summed E-state index contributed by atoms with van der Waals surface area (Å²) in [6.07, 6.45) is 4.22. The van der Waals surface area contributed by atoms with E-state index in [1.807, 2.05) is 6.07 Å². The molecule has 0 saturated carbocycles. The van der Waals surface area contributed by atoms with Gasteiger partial charge >= 0.3 is 0 Å². The molecule has 0 unspecified atom stereocenters. The van der Waals surface area contributed by atoms with Crippen molar-refractivity contribution in [3.63, 3.8) is 0 Å². The molecule has 1 aliphatic rings. The molecular formula is C10H9F. The van der Waals surface area contributed by atoms with Crippen LogP contribution in [0.1, 0.15) is 12.0 Å². The van der Waals surface area contributed by atoms with Crippen LogP contribution in [-0.2, 0) is 6.42 Å². The van der Waals surface area contributed by atoms with Crippen LogP contribution < -0.4 is 0 Å². The van der Waals surface area contributed by atoms with E-state index in [9.17, 15) is 4.39 Å². The van der Waals surface area contributed by atoms with Gasteiger partial charge in [0, 0.05) is 0 Å². The Kier molecular flexibility index (Phi) is 1.50. The van der Waals surface area contributed by atoms with Crippen molar-refractivity contribution in [3.05, 3.63) is 47.3 Å². The zero-order chi connectivity index (χ0) is 7.68.